The third-order valence-electron chi connectivity index (χ3n) is 6.15. The molecule has 0 spiro atoms. The minimum atomic E-state index is -1.14. The molecule has 2 aromatic carbocycles. The minimum absolute atomic E-state index is 0.00523. The fraction of sp³-hybridized carbons (Fsp3) is 0.261. The van der Waals surface area contributed by atoms with Crippen LogP contribution in [-0.2, 0) is 19.1 Å². The Bertz CT molecular complexity index is 1160. The summed E-state index contributed by atoms with van der Waals surface area (Å²) >= 11 is 0. The first-order valence-electron chi connectivity index (χ1n) is 10.3. The van der Waals surface area contributed by atoms with Gasteiger partial charge in [0, 0.05) is 12.1 Å². The van der Waals surface area contributed by atoms with Crippen LogP contribution in [0.3, 0.4) is 0 Å². The molecule has 2 fully saturated rings. The van der Waals surface area contributed by atoms with Gasteiger partial charge in [0.25, 0.3) is 11.6 Å². The molecule has 3 amide bonds. The normalized spacial score (nSPS) is 27.0. The van der Waals surface area contributed by atoms with Crippen molar-refractivity contribution in [1.82, 2.24) is 5.32 Å². The van der Waals surface area contributed by atoms with E-state index in [1.165, 1.54) is 24.3 Å². The number of nitrogens with one attached hydrogen (secondary N) is 1. The molecule has 0 saturated carbocycles. The molecule has 0 aromatic heterocycles. The molecule has 2 saturated heterocycles. The highest BCUT2D eigenvalue weighted by Crippen LogP contribution is 2.52. The van der Waals surface area contributed by atoms with Crippen LogP contribution in [0.25, 0.3) is 0 Å². The van der Waals surface area contributed by atoms with Crippen molar-refractivity contribution in [2.24, 2.45) is 11.8 Å². The van der Waals surface area contributed by atoms with Crippen molar-refractivity contribution in [1.29, 1.82) is 0 Å². The molecule has 4 unspecified atom stereocenters. The molecule has 5 rings (SSSR count). The zero-order valence-electron chi connectivity index (χ0n) is 17.2. The Labute approximate surface area is 187 Å². The van der Waals surface area contributed by atoms with Crippen LogP contribution >= 0.6 is 0 Å². The lowest BCUT2D eigenvalue weighted by Gasteiger charge is -2.29. The van der Waals surface area contributed by atoms with Crippen molar-refractivity contribution in [3.63, 3.8) is 0 Å². The number of anilines is 1. The Kier molecular flexibility index (Phi) is 4.94. The maximum Gasteiger partial charge on any atom is 0.269 e. The summed E-state index contributed by atoms with van der Waals surface area (Å²) in [5.74, 6) is -2.23. The summed E-state index contributed by atoms with van der Waals surface area (Å²) in [7, 11) is 0. The summed E-state index contributed by atoms with van der Waals surface area (Å²) in [4.78, 5) is 50.1. The molecule has 3 aliphatic rings. The summed E-state index contributed by atoms with van der Waals surface area (Å²) in [6.45, 7) is -0.200. The van der Waals surface area contributed by atoms with E-state index in [4.69, 9.17) is 9.47 Å². The number of carbonyl (C=O) groups excluding carboxylic acids is 3. The van der Waals surface area contributed by atoms with Gasteiger partial charge in [-0.25, -0.2) is 4.90 Å². The second-order valence-electron chi connectivity index (χ2n) is 8.06. The number of para-hydroxylation sites is 1. The maximum absolute atomic E-state index is 13.3. The van der Waals surface area contributed by atoms with E-state index in [9.17, 15) is 24.5 Å². The number of fused-ring (bicyclic) bond motifs is 5. The predicted molar refractivity (Wildman–Crippen MR) is 114 cm³/mol. The number of nitrogens with zero attached hydrogens (tertiary/aromatic N) is 2. The molecule has 3 aliphatic heterocycles. The molecule has 1 N–H and O–H groups in total. The van der Waals surface area contributed by atoms with Crippen molar-refractivity contribution >= 4 is 29.1 Å². The Morgan fingerprint density at radius 1 is 1.12 bits per heavy atom. The SMILES string of the molecule is O=C(COc1ccccc1)NCC12C=CC(O1)C1C(=O)N(c3ccc([N+](=O)[O-])cc3)C(=O)C12. The molecule has 2 bridgehead atoms. The molecule has 10 heteroatoms. The molecule has 0 radical (unpaired) electrons. The number of carbonyl (C=O) groups is 3. The number of non-ortho nitro benzene ring substituents is 1. The lowest BCUT2D eigenvalue weighted by atomic mass is 9.77. The van der Waals surface area contributed by atoms with E-state index in [0.717, 1.165) is 4.90 Å². The third-order valence-corrected chi connectivity index (χ3v) is 6.15. The van der Waals surface area contributed by atoms with Crippen LogP contribution in [0, 0.1) is 22.0 Å². The molecule has 2 aromatic rings. The van der Waals surface area contributed by atoms with Gasteiger partial charge in [0.15, 0.2) is 6.61 Å². The number of amides is 3. The van der Waals surface area contributed by atoms with Gasteiger partial charge >= 0.3 is 0 Å². The van der Waals surface area contributed by atoms with Crippen molar-refractivity contribution in [3.05, 3.63) is 76.9 Å². The van der Waals surface area contributed by atoms with Crippen LogP contribution < -0.4 is 15.0 Å². The van der Waals surface area contributed by atoms with Crippen LogP contribution in [0.4, 0.5) is 11.4 Å². The zero-order valence-corrected chi connectivity index (χ0v) is 17.2. The van der Waals surface area contributed by atoms with Gasteiger partial charge in [-0.3, -0.25) is 24.5 Å². The second kappa shape index (κ2) is 7.82. The highest BCUT2D eigenvalue weighted by atomic mass is 16.6. The van der Waals surface area contributed by atoms with Gasteiger partial charge < -0.3 is 14.8 Å². The van der Waals surface area contributed by atoms with Crippen LogP contribution in [0.1, 0.15) is 0 Å². The molecular weight excluding hydrogens is 430 g/mol. The average molecular weight is 449 g/mol. The number of imide groups is 1. The fourth-order valence-electron chi connectivity index (χ4n) is 4.64. The Balaban J connectivity index is 1.29. The largest absolute Gasteiger partial charge is 0.484 e. The first-order valence-corrected chi connectivity index (χ1v) is 10.3. The van der Waals surface area contributed by atoms with Crippen LogP contribution in [-0.4, -0.2) is 47.5 Å². The molecule has 3 heterocycles. The van der Waals surface area contributed by atoms with E-state index in [1.54, 1.807) is 36.4 Å². The van der Waals surface area contributed by atoms with E-state index in [0.29, 0.717) is 5.75 Å². The van der Waals surface area contributed by atoms with E-state index < -0.39 is 40.3 Å². The standard InChI is InChI=1S/C23H19N3O7/c27-18(12-32-16-4-2-1-3-5-16)24-13-23-11-10-17(33-23)19-20(23)22(29)25(21(19)28)14-6-8-15(9-7-14)26(30)31/h1-11,17,19-20H,12-13H2,(H,24,27). The van der Waals surface area contributed by atoms with E-state index in [2.05, 4.69) is 5.32 Å². The van der Waals surface area contributed by atoms with Gasteiger partial charge in [-0.15, -0.1) is 0 Å². The molecular formula is C23H19N3O7. The quantitative estimate of drug-likeness (QED) is 0.294. The van der Waals surface area contributed by atoms with Gasteiger partial charge in [-0.1, -0.05) is 30.4 Å². The fourth-order valence-corrected chi connectivity index (χ4v) is 4.64. The second-order valence-corrected chi connectivity index (χ2v) is 8.06. The number of hydrogen-bond donors (Lipinski definition) is 1. The van der Waals surface area contributed by atoms with Crippen LogP contribution in [0.2, 0.25) is 0 Å². The number of ether oxygens (including phenoxy) is 2. The van der Waals surface area contributed by atoms with E-state index >= 15 is 0 Å². The number of hydrogen-bond acceptors (Lipinski definition) is 7. The van der Waals surface area contributed by atoms with Gasteiger partial charge in [-0.2, -0.15) is 0 Å². The first-order chi connectivity index (χ1) is 15.9. The number of nitro benzene ring substituents is 1. The smallest absolute Gasteiger partial charge is 0.269 e. The van der Waals surface area contributed by atoms with Crippen LogP contribution in [0.5, 0.6) is 5.75 Å². The monoisotopic (exact) mass is 449 g/mol. The topological polar surface area (TPSA) is 128 Å². The Morgan fingerprint density at radius 2 is 1.85 bits per heavy atom. The van der Waals surface area contributed by atoms with Crippen molar-refractivity contribution in [2.45, 2.75) is 11.7 Å². The maximum atomic E-state index is 13.3. The number of rotatable bonds is 7. The molecule has 0 aliphatic carbocycles. The lowest BCUT2D eigenvalue weighted by Crippen LogP contribution is -2.49. The predicted octanol–water partition coefficient (Wildman–Crippen LogP) is 1.60. The van der Waals surface area contributed by atoms with Gasteiger partial charge in [0.2, 0.25) is 11.8 Å². The van der Waals surface area contributed by atoms with Crippen molar-refractivity contribution in [3.8, 4) is 5.75 Å². The molecule has 33 heavy (non-hydrogen) atoms. The van der Waals surface area contributed by atoms with Gasteiger partial charge in [-0.05, 0) is 24.3 Å². The lowest BCUT2D eigenvalue weighted by molar-refractivity contribution is -0.384. The van der Waals surface area contributed by atoms with Crippen LogP contribution in [0.15, 0.2) is 66.7 Å². The summed E-state index contributed by atoms with van der Waals surface area (Å²) in [6.07, 6.45) is 2.88. The average Bonchev–Trinajstić information content (AvgIpc) is 3.47. The number of benzene rings is 2. The van der Waals surface area contributed by atoms with Gasteiger partial charge in [0.1, 0.15) is 11.4 Å². The van der Waals surface area contributed by atoms with Crippen molar-refractivity contribution < 1.29 is 28.8 Å². The zero-order chi connectivity index (χ0) is 23.2. The molecule has 4 atom stereocenters. The third kappa shape index (κ3) is 3.44. The summed E-state index contributed by atoms with van der Waals surface area (Å²) in [5.41, 5.74) is -1.01. The number of nitro groups is 1. The highest BCUT2D eigenvalue weighted by Gasteiger charge is 2.67. The Morgan fingerprint density at radius 3 is 2.55 bits per heavy atom. The van der Waals surface area contributed by atoms with E-state index in [1.807, 2.05) is 6.07 Å². The summed E-state index contributed by atoms with van der Waals surface area (Å²) in [5, 5.41) is 13.6. The van der Waals surface area contributed by atoms with Gasteiger partial charge in [0.05, 0.1) is 35.1 Å². The highest BCUT2D eigenvalue weighted by molar-refractivity contribution is 6.23. The van der Waals surface area contributed by atoms with E-state index in [-0.39, 0.29) is 30.4 Å². The minimum Gasteiger partial charge on any atom is -0.484 e. The summed E-state index contributed by atoms with van der Waals surface area (Å²) in [6, 6.07) is 14.1. The van der Waals surface area contributed by atoms with Crippen molar-refractivity contribution in [2.75, 3.05) is 18.1 Å². The molecule has 168 valence electrons. The molecule has 10 nitrogen and oxygen atoms in total. The Hall–Kier alpha value is -4.05. The summed E-state index contributed by atoms with van der Waals surface area (Å²) < 4.78 is 11.4. The first kappa shape index (κ1) is 20.8.